The molecule has 1 N–H and O–H groups in total. The van der Waals surface area contributed by atoms with Crippen LogP contribution >= 0.6 is 0 Å². The molecular formula is C14H16N4O3. The van der Waals surface area contributed by atoms with E-state index in [9.17, 15) is 14.9 Å². The van der Waals surface area contributed by atoms with Crippen molar-refractivity contribution < 1.29 is 9.72 Å². The van der Waals surface area contributed by atoms with Crippen LogP contribution in [0.15, 0.2) is 24.3 Å². The third kappa shape index (κ3) is 2.91. The first-order valence-electron chi connectivity index (χ1n) is 6.54. The van der Waals surface area contributed by atoms with E-state index in [1.165, 1.54) is 10.7 Å². The van der Waals surface area contributed by atoms with Crippen LogP contribution in [-0.4, -0.2) is 27.2 Å². The second-order valence-corrected chi connectivity index (χ2v) is 4.66. The SMILES string of the molecule is CCNC(=O)c1ccc(-n2nc(C)cc2C)c([N+](=O)[O-])c1. The molecule has 0 aliphatic carbocycles. The summed E-state index contributed by atoms with van der Waals surface area (Å²) in [6, 6.07) is 6.21. The molecule has 1 amide bonds. The second-order valence-electron chi connectivity index (χ2n) is 4.66. The monoisotopic (exact) mass is 288 g/mol. The average Bonchev–Trinajstić information content (AvgIpc) is 2.77. The molecule has 0 saturated heterocycles. The minimum absolute atomic E-state index is 0.148. The lowest BCUT2D eigenvalue weighted by Gasteiger charge is -2.07. The van der Waals surface area contributed by atoms with Crippen LogP contribution in [0.25, 0.3) is 5.69 Å². The molecule has 0 atom stereocenters. The lowest BCUT2D eigenvalue weighted by Crippen LogP contribution is -2.22. The van der Waals surface area contributed by atoms with E-state index in [4.69, 9.17) is 0 Å². The highest BCUT2D eigenvalue weighted by Crippen LogP contribution is 2.25. The Bertz CT molecular complexity index is 706. The van der Waals surface area contributed by atoms with Gasteiger partial charge in [0.2, 0.25) is 0 Å². The molecule has 0 fully saturated rings. The van der Waals surface area contributed by atoms with Gasteiger partial charge in [-0.15, -0.1) is 0 Å². The van der Waals surface area contributed by atoms with Gasteiger partial charge >= 0.3 is 0 Å². The van der Waals surface area contributed by atoms with E-state index in [1.54, 1.807) is 19.1 Å². The fourth-order valence-corrected chi connectivity index (χ4v) is 2.13. The van der Waals surface area contributed by atoms with Crippen molar-refractivity contribution in [3.8, 4) is 5.69 Å². The van der Waals surface area contributed by atoms with Crippen LogP contribution in [0.1, 0.15) is 28.7 Å². The lowest BCUT2D eigenvalue weighted by molar-refractivity contribution is -0.384. The Hall–Kier alpha value is -2.70. The van der Waals surface area contributed by atoms with Gasteiger partial charge in [-0.25, -0.2) is 4.68 Å². The number of carbonyl (C=O) groups excluding carboxylic acids is 1. The number of hydrogen-bond donors (Lipinski definition) is 1. The molecule has 7 heteroatoms. The van der Waals surface area contributed by atoms with Gasteiger partial charge in [0.15, 0.2) is 0 Å². The molecule has 2 aromatic rings. The molecule has 0 spiro atoms. The number of aromatic nitrogens is 2. The lowest BCUT2D eigenvalue weighted by atomic mass is 10.1. The van der Waals surface area contributed by atoms with E-state index in [1.807, 2.05) is 19.9 Å². The molecule has 1 aromatic carbocycles. The molecule has 0 unspecified atom stereocenters. The molecule has 21 heavy (non-hydrogen) atoms. The summed E-state index contributed by atoms with van der Waals surface area (Å²) in [5.41, 5.74) is 2.02. The van der Waals surface area contributed by atoms with Gasteiger partial charge in [-0.1, -0.05) is 0 Å². The van der Waals surface area contributed by atoms with Gasteiger partial charge in [-0.05, 0) is 39.0 Å². The van der Waals surface area contributed by atoms with Crippen LogP contribution in [0.3, 0.4) is 0 Å². The van der Waals surface area contributed by atoms with Crippen molar-refractivity contribution in [1.29, 1.82) is 0 Å². The van der Waals surface area contributed by atoms with Crippen LogP contribution in [0, 0.1) is 24.0 Å². The molecule has 2 rings (SSSR count). The van der Waals surface area contributed by atoms with Crippen molar-refractivity contribution >= 4 is 11.6 Å². The maximum atomic E-state index is 11.8. The molecule has 0 saturated carbocycles. The van der Waals surface area contributed by atoms with E-state index in [0.717, 1.165) is 11.4 Å². The largest absolute Gasteiger partial charge is 0.352 e. The summed E-state index contributed by atoms with van der Waals surface area (Å²) >= 11 is 0. The van der Waals surface area contributed by atoms with Crippen molar-refractivity contribution in [2.45, 2.75) is 20.8 Å². The van der Waals surface area contributed by atoms with Gasteiger partial charge in [0.1, 0.15) is 5.69 Å². The van der Waals surface area contributed by atoms with Crippen LogP contribution in [-0.2, 0) is 0 Å². The summed E-state index contributed by atoms with van der Waals surface area (Å²) in [4.78, 5) is 22.6. The number of nitro benzene ring substituents is 1. The Morgan fingerprint density at radius 2 is 2.10 bits per heavy atom. The third-order valence-electron chi connectivity index (χ3n) is 3.01. The molecule has 7 nitrogen and oxygen atoms in total. The summed E-state index contributed by atoms with van der Waals surface area (Å²) in [6.45, 7) is 5.89. The summed E-state index contributed by atoms with van der Waals surface area (Å²) in [5, 5.41) is 18.1. The first-order chi connectivity index (χ1) is 9.93. The van der Waals surface area contributed by atoms with E-state index in [0.29, 0.717) is 12.2 Å². The zero-order valence-corrected chi connectivity index (χ0v) is 12.1. The fraction of sp³-hybridized carbons (Fsp3) is 0.286. The minimum atomic E-state index is -0.505. The number of nitro groups is 1. The number of aryl methyl sites for hydroxylation is 2. The third-order valence-corrected chi connectivity index (χ3v) is 3.01. The van der Waals surface area contributed by atoms with Gasteiger partial charge in [0.25, 0.3) is 11.6 Å². The first-order valence-corrected chi connectivity index (χ1v) is 6.54. The number of nitrogens with zero attached hydrogens (tertiary/aromatic N) is 3. The van der Waals surface area contributed by atoms with Crippen LogP contribution < -0.4 is 5.32 Å². The van der Waals surface area contributed by atoms with Crippen LogP contribution in [0.4, 0.5) is 5.69 Å². The summed E-state index contributed by atoms with van der Waals surface area (Å²) in [5.74, 6) is -0.333. The van der Waals surface area contributed by atoms with E-state index < -0.39 is 4.92 Å². The molecular weight excluding hydrogens is 272 g/mol. The van der Waals surface area contributed by atoms with Crippen LogP contribution in [0.5, 0.6) is 0 Å². The maximum absolute atomic E-state index is 11.8. The molecule has 0 aliphatic rings. The summed E-state index contributed by atoms with van der Waals surface area (Å²) in [7, 11) is 0. The number of amides is 1. The number of nitrogens with one attached hydrogen (secondary N) is 1. The van der Waals surface area contributed by atoms with Crippen molar-refractivity contribution in [3.63, 3.8) is 0 Å². The van der Waals surface area contributed by atoms with Crippen molar-refractivity contribution in [1.82, 2.24) is 15.1 Å². The van der Waals surface area contributed by atoms with Gasteiger partial charge < -0.3 is 5.32 Å². The maximum Gasteiger partial charge on any atom is 0.295 e. The molecule has 0 radical (unpaired) electrons. The zero-order chi connectivity index (χ0) is 15.6. The quantitative estimate of drug-likeness (QED) is 0.689. The Morgan fingerprint density at radius 1 is 1.38 bits per heavy atom. The standard InChI is InChI=1S/C14H16N4O3/c1-4-15-14(19)11-5-6-12(13(8-11)18(20)21)17-10(3)7-9(2)16-17/h5-8H,4H2,1-3H3,(H,15,19). The van der Waals surface area contributed by atoms with Crippen molar-refractivity contribution in [2.75, 3.05) is 6.54 Å². The minimum Gasteiger partial charge on any atom is -0.352 e. The first kappa shape index (κ1) is 14.7. The van der Waals surface area contributed by atoms with Gasteiger partial charge in [0.05, 0.1) is 10.6 Å². The smallest absolute Gasteiger partial charge is 0.295 e. The number of carbonyl (C=O) groups is 1. The van der Waals surface area contributed by atoms with Gasteiger partial charge in [0, 0.05) is 23.9 Å². The predicted octanol–water partition coefficient (Wildman–Crippen LogP) is 2.15. The highest BCUT2D eigenvalue weighted by atomic mass is 16.6. The molecule has 1 heterocycles. The van der Waals surface area contributed by atoms with Crippen molar-refractivity contribution in [3.05, 3.63) is 51.3 Å². The summed E-state index contributed by atoms with van der Waals surface area (Å²) < 4.78 is 1.51. The Balaban J connectivity index is 2.55. The van der Waals surface area contributed by atoms with E-state index >= 15 is 0 Å². The van der Waals surface area contributed by atoms with E-state index in [2.05, 4.69) is 10.4 Å². The molecule has 110 valence electrons. The second kappa shape index (κ2) is 5.74. The Morgan fingerprint density at radius 3 is 2.62 bits per heavy atom. The van der Waals surface area contributed by atoms with Crippen molar-refractivity contribution in [2.24, 2.45) is 0 Å². The topological polar surface area (TPSA) is 90.1 Å². The number of hydrogen-bond acceptors (Lipinski definition) is 4. The number of benzene rings is 1. The Labute approximate surface area is 121 Å². The van der Waals surface area contributed by atoms with Gasteiger partial charge in [-0.3, -0.25) is 14.9 Å². The predicted molar refractivity (Wildman–Crippen MR) is 77.7 cm³/mol. The van der Waals surface area contributed by atoms with Gasteiger partial charge in [-0.2, -0.15) is 5.10 Å². The Kier molecular flexibility index (Phi) is 4.02. The highest BCUT2D eigenvalue weighted by Gasteiger charge is 2.20. The van der Waals surface area contributed by atoms with E-state index in [-0.39, 0.29) is 17.2 Å². The summed E-state index contributed by atoms with van der Waals surface area (Å²) in [6.07, 6.45) is 0. The average molecular weight is 288 g/mol. The fourth-order valence-electron chi connectivity index (χ4n) is 2.13. The number of rotatable bonds is 4. The molecule has 0 aliphatic heterocycles. The highest BCUT2D eigenvalue weighted by molar-refractivity contribution is 5.95. The van der Waals surface area contributed by atoms with Crippen LogP contribution in [0.2, 0.25) is 0 Å². The zero-order valence-electron chi connectivity index (χ0n) is 12.1. The molecule has 1 aromatic heterocycles. The molecule has 0 bridgehead atoms. The normalized spacial score (nSPS) is 10.4.